The standard InChI is InChI=1S/C21H23N5OS/c1-12(2)17-19(23-21(24-20(17)27)28-13(3)4)18(25-26-22)16-10-9-14-7-5-6-8-15(14)11-16/h5-13,18H,1-4H3,(H,23,24,27). The second-order valence-electron chi connectivity index (χ2n) is 7.21. The van der Waals surface area contributed by atoms with Crippen LogP contribution in [-0.4, -0.2) is 15.2 Å². The van der Waals surface area contributed by atoms with Gasteiger partial charge in [0.2, 0.25) is 0 Å². The molecule has 1 atom stereocenters. The van der Waals surface area contributed by atoms with Crippen LogP contribution in [0.1, 0.15) is 56.5 Å². The molecule has 0 saturated carbocycles. The Labute approximate surface area is 168 Å². The second kappa shape index (κ2) is 8.50. The Morgan fingerprint density at radius 2 is 1.82 bits per heavy atom. The molecule has 3 aromatic rings. The maximum absolute atomic E-state index is 12.8. The van der Waals surface area contributed by atoms with Crippen LogP contribution in [0.25, 0.3) is 21.2 Å². The Kier molecular flexibility index (Phi) is 6.07. The van der Waals surface area contributed by atoms with Gasteiger partial charge in [-0.2, -0.15) is 0 Å². The van der Waals surface area contributed by atoms with Crippen molar-refractivity contribution in [1.82, 2.24) is 9.97 Å². The molecule has 0 spiro atoms. The van der Waals surface area contributed by atoms with Crippen LogP contribution in [0.3, 0.4) is 0 Å². The van der Waals surface area contributed by atoms with E-state index >= 15 is 0 Å². The van der Waals surface area contributed by atoms with Crippen molar-refractivity contribution in [2.75, 3.05) is 0 Å². The fourth-order valence-corrected chi connectivity index (χ4v) is 3.98. The molecule has 0 amide bonds. The third-order valence-corrected chi connectivity index (χ3v) is 5.29. The molecular formula is C21H23N5OS. The number of rotatable bonds is 6. The normalized spacial score (nSPS) is 12.4. The Hall–Kier alpha value is -2.76. The number of aromatic amines is 1. The minimum atomic E-state index is -0.666. The van der Waals surface area contributed by atoms with Gasteiger partial charge < -0.3 is 4.98 Å². The highest BCUT2D eigenvalue weighted by atomic mass is 32.2. The summed E-state index contributed by atoms with van der Waals surface area (Å²) in [6.07, 6.45) is 0. The number of nitrogens with zero attached hydrogens (tertiary/aromatic N) is 4. The van der Waals surface area contributed by atoms with E-state index in [4.69, 9.17) is 4.98 Å². The first kappa shape index (κ1) is 20.0. The summed E-state index contributed by atoms with van der Waals surface area (Å²) >= 11 is 1.48. The first-order valence-electron chi connectivity index (χ1n) is 9.24. The van der Waals surface area contributed by atoms with Crippen molar-refractivity contribution in [3.8, 4) is 0 Å². The van der Waals surface area contributed by atoms with Crippen molar-refractivity contribution >= 4 is 22.5 Å². The van der Waals surface area contributed by atoms with Crippen LogP contribution in [0.5, 0.6) is 0 Å². The Bertz CT molecular complexity index is 1100. The molecule has 0 saturated heterocycles. The average Bonchev–Trinajstić information content (AvgIpc) is 2.64. The number of H-pyrrole nitrogens is 1. The molecule has 1 N–H and O–H groups in total. The summed E-state index contributed by atoms with van der Waals surface area (Å²) in [7, 11) is 0. The minimum Gasteiger partial charge on any atom is -0.301 e. The molecule has 0 bridgehead atoms. The number of nitrogens with one attached hydrogen (secondary N) is 1. The van der Waals surface area contributed by atoms with E-state index in [2.05, 4.69) is 15.0 Å². The fourth-order valence-electron chi connectivity index (χ4n) is 3.23. The molecule has 6 nitrogen and oxygen atoms in total. The lowest BCUT2D eigenvalue weighted by Crippen LogP contribution is -2.22. The summed E-state index contributed by atoms with van der Waals surface area (Å²) in [4.78, 5) is 23.4. The first-order chi connectivity index (χ1) is 13.4. The summed E-state index contributed by atoms with van der Waals surface area (Å²) in [6.45, 7) is 7.96. The van der Waals surface area contributed by atoms with Crippen molar-refractivity contribution in [3.63, 3.8) is 0 Å². The predicted octanol–water partition coefficient (Wildman–Crippen LogP) is 5.95. The zero-order chi connectivity index (χ0) is 20.3. The smallest absolute Gasteiger partial charge is 0.255 e. The van der Waals surface area contributed by atoms with E-state index in [9.17, 15) is 10.3 Å². The molecule has 1 unspecified atom stereocenters. The molecule has 0 aliphatic rings. The molecule has 1 heterocycles. The number of benzene rings is 2. The highest BCUT2D eigenvalue weighted by Gasteiger charge is 2.24. The molecule has 144 valence electrons. The van der Waals surface area contributed by atoms with Gasteiger partial charge in [0.05, 0.1) is 5.69 Å². The average molecular weight is 394 g/mol. The van der Waals surface area contributed by atoms with Gasteiger partial charge in [-0.15, -0.1) is 0 Å². The van der Waals surface area contributed by atoms with E-state index in [0.717, 1.165) is 16.3 Å². The lowest BCUT2D eigenvalue weighted by atomic mass is 9.94. The quantitative estimate of drug-likeness (QED) is 0.184. The van der Waals surface area contributed by atoms with Gasteiger partial charge in [-0.25, -0.2) is 4.98 Å². The zero-order valence-electron chi connectivity index (χ0n) is 16.4. The molecular weight excluding hydrogens is 370 g/mol. The summed E-state index contributed by atoms with van der Waals surface area (Å²) in [6, 6.07) is 13.3. The topological polar surface area (TPSA) is 94.5 Å². The van der Waals surface area contributed by atoms with Crippen LogP contribution in [0.4, 0.5) is 0 Å². The number of hydrogen-bond acceptors (Lipinski definition) is 4. The zero-order valence-corrected chi connectivity index (χ0v) is 17.2. The van der Waals surface area contributed by atoms with Gasteiger partial charge in [0.15, 0.2) is 5.16 Å². The maximum atomic E-state index is 12.8. The van der Waals surface area contributed by atoms with E-state index in [0.29, 0.717) is 16.4 Å². The lowest BCUT2D eigenvalue weighted by molar-refractivity contribution is 0.707. The van der Waals surface area contributed by atoms with E-state index in [-0.39, 0.29) is 16.7 Å². The third kappa shape index (κ3) is 4.21. The van der Waals surface area contributed by atoms with Crippen LogP contribution >= 0.6 is 11.8 Å². The van der Waals surface area contributed by atoms with E-state index in [1.54, 1.807) is 0 Å². The van der Waals surface area contributed by atoms with Crippen LogP contribution in [0, 0.1) is 0 Å². The molecule has 1 aromatic heterocycles. The fraction of sp³-hybridized carbons (Fsp3) is 0.333. The third-order valence-electron chi connectivity index (χ3n) is 4.40. The van der Waals surface area contributed by atoms with Crippen LogP contribution in [-0.2, 0) is 0 Å². The summed E-state index contributed by atoms with van der Waals surface area (Å²) in [5.74, 6) is -0.0544. The highest BCUT2D eigenvalue weighted by Crippen LogP contribution is 2.32. The molecule has 28 heavy (non-hydrogen) atoms. The van der Waals surface area contributed by atoms with Crippen molar-refractivity contribution < 1.29 is 0 Å². The van der Waals surface area contributed by atoms with Gasteiger partial charge in [-0.3, -0.25) is 4.79 Å². The number of fused-ring (bicyclic) bond motifs is 1. The number of aromatic nitrogens is 2. The van der Waals surface area contributed by atoms with Crippen molar-refractivity contribution in [2.24, 2.45) is 5.11 Å². The number of hydrogen-bond donors (Lipinski definition) is 1. The van der Waals surface area contributed by atoms with Gasteiger partial charge in [0.1, 0.15) is 6.04 Å². The highest BCUT2D eigenvalue weighted by molar-refractivity contribution is 7.99. The summed E-state index contributed by atoms with van der Waals surface area (Å²) in [5, 5.41) is 6.98. The van der Waals surface area contributed by atoms with Crippen LogP contribution < -0.4 is 5.56 Å². The van der Waals surface area contributed by atoms with Crippen LogP contribution in [0.2, 0.25) is 0 Å². The first-order valence-corrected chi connectivity index (χ1v) is 10.1. The monoisotopic (exact) mass is 393 g/mol. The molecule has 0 radical (unpaired) electrons. The van der Waals surface area contributed by atoms with Crippen molar-refractivity contribution in [2.45, 2.75) is 50.1 Å². The van der Waals surface area contributed by atoms with E-state index in [1.165, 1.54) is 11.8 Å². The van der Waals surface area contributed by atoms with Gasteiger partial charge in [-0.1, -0.05) is 87.0 Å². The SMILES string of the molecule is CC(C)Sc1nc(C(N=[N+]=[N-])c2ccc3ccccc3c2)c(C(C)C)c(=O)[nH]1. The maximum Gasteiger partial charge on any atom is 0.255 e. The van der Waals surface area contributed by atoms with Crippen molar-refractivity contribution in [3.05, 3.63) is 80.1 Å². The largest absolute Gasteiger partial charge is 0.301 e. The molecule has 7 heteroatoms. The molecule has 0 fully saturated rings. The van der Waals surface area contributed by atoms with Gasteiger partial charge in [0.25, 0.3) is 5.56 Å². The molecule has 3 rings (SSSR count). The predicted molar refractivity (Wildman–Crippen MR) is 115 cm³/mol. The lowest BCUT2D eigenvalue weighted by Gasteiger charge is -2.19. The van der Waals surface area contributed by atoms with Gasteiger partial charge >= 0.3 is 0 Å². The van der Waals surface area contributed by atoms with Gasteiger partial charge in [0, 0.05) is 15.7 Å². The summed E-state index contributed by atoms with van der Waals surface area (Å²) < 4.78 is 0. The summed E-state index contributed by atoms with van der Waals surface area (Å²) in [5.41, 5.74) is 10.9. The number of azide groups is 1. The molecule has 0 aliphatic heterocycles. The van der Waals surface area contributed by atoms with E-state index in [1.807, 2.05) is 70.2 Å². The Balaban J connectivity index is 2.23. The van der Waals surface area contributed by atoms with Gasteiger partial charge in [-0.05, 0) is 27.8 Å². The number of thioether (sulfide) groups is 1. The Morgan fingerprint density at radius 1 is 1.11 bits per heavy atom. The second-order valence-corrected chi connectivity index (χ2v) is 8.77. The van der Waals surface area contributed by atoms with Crippen molar-refractivity contribution in [1.29, 1.82) is 0 Å². The minimum absolute atomic E-state index is 0.0544. The molecule has 2 aromatic carbocycles. The van der Waals surface area contributed by atoms with Crippen LogP contribution in [0.15, 0.2) is 57.5 Å². The van der Waals surface area contributed by atoms with E-state index < -0.39 is 6.04 Å². The molecule has 0 aliphatic carbocycles. The Morgan fingerprint density at radius 3 is 2.46 bits per heavy atom.